The Kier molecular flexibility index (Phi) is 4.26. The lowest BCUT2D eigenvalue weighted by atomic mass is 10.3. The van der Waals surface area contributed by atoms with Crippen LogP contribution in [0.25, 0.3) is 0 Å². The minimum atomic E-state index is -3.46. The van der Waals surface area contributed by atoms with Crippen LogP contribution in [0.2, 0.25) is 0 Å². The molecule has 0 amide bonds. The molecule has 0 aliphatic carbocycles. The number of halogens is 1. The molecule has 1 atom stereocenters. The van der Waals surface area contributed by atoms with E-state index in [0.29, 0.717) is 5.75 Å². The van der Waals surface area contributed by atoms with Crippen LogP contribution in [-0.2, 0) is 14.3 Å². The summed E-state index contributed by atoms with van der Waals surface area (Å²) in [6.45, 7) is 1.59. The van der Waals surface area contributed by atoms with Gasteiger partial charge in [0.15, 0.2) is 0 Å². The Hall–Kier alpha value is -1.14. The van der Waals surface area contributed by atoms with Crippen LogP contribution >= 0.6 is 0 Å². The first-order valence-electron chi connectivity index (χ1n) is 4.63. The van der Waals surface area contributed by atoms with Gasteiger partial charge in [0.25, 0.3) is 10.1 Å². The average molecular weight is 248 g/mol. The molecule has 1 aromatic rings. The summed E-state index contributed by atoms with van der Waals surface area (Å²) in [5.74, 6) is 0.110. The highest BCUT2D eigenvalue weighted by atomic mass is 32.2. The van der Waals surface area contributed by atoms with E-state index < -0.39 is 16.2 Å². The maximum absolute atomic E-state index is 12.6. The van der Waals surface area contributed by atoms with Crippen molar-refractivity contribution in [2.45, 2.75) is 13.0 Å². The topological polar surface area (TPSA) is 52.6 Å². The van der Waals surface area contributed by atoms with Crippen molar-refractivity contribution in [1.82, 2.24) is 0 Å². The van der Waals surface area contributed by atoms with E-state index in [1.165, 1.54) is 24.3 Å². The van der Waals surface area contributed by atoms with E-state index >= 15 is 0 Å². The first-order valence-corrected chi connectivity index (χ1v) is 6.45. The minimum absolute atomic E-state index is 0.0732. The highest BCUT2D eigenvalue weighted by molar-refractivity contribution is 7.85. The van der Waals surface area contributed by atoms with Gasteiger partial charge >= 0.3 is 0 Å². The lowest BCUT2D eigenvalue weighted by Gasteiger charge is -2.13. The van der Waals surface area contributed by atoms with Gasteiger partial charge in [0.2, 0.25) is 0 Å². The monoisotopic (exact) mass is 248 g/mol. The summed E-state index contributed by atoms with van der Waals surface area (Å²) in [5.41, 5.74) is 0. The van der Waals surface area contributed by atoms with Gasteiger partial charge in [0.05, 0.1) is 6.26 Å². The second kappa shape index (κ2) is 5.27. The normalized spacial score (nSPS) is 13.4. The Balaban J connectivity index is 2.45. The van der Waals surface area contributed by atoms with E-state index in [1.807, 2.05) is 0 Å². The van der Waals surface area contributed by atoms with E-state index in [4.69, 9.17) is 4.74 Å². The van der Waals surface area contributed by atoms with Crippen LogP contribution in [-0.4, -0.2) is 27.4 Å². The molecule has 6 heteroatoms. The van der Waals surface area contributed by atoms with Crippen LogP contribution in [0.4, 0.5) is 4.39 Å². The molecule has 0 aliphatic rings. The Morgan fingerprint density at radius 1 is 1.31 bits per heavy atom. The van der Waals surface area contributed by atoms with E-state index in [1.54, 1.807) is 6.92 Å². The van der Waals surface area contributed by atoms with Gasteiger partial charge in [0.1, 0.15) is 24.3 Å². The SMILES string of the molecule is CC(COS(C)(=O)=O)Oc1ccc(F)cc1. The standard InChI is InChI=1S/C10H13FO4S/c1-8(7-14-16(2,12)13)15-10-5-3-9(11)4-6-10/h3-6,8H,7H2,1-2H3. The lowest BCUT2D eigenvalue weighted by Crippen LogP contribution is -2.21. The maximum Gasteiger partial charge on any atom is 0.264 e. The van der Waals surface area contributed by atoms with Crippen LogP contribution < -0.4 is 4.74 Å². The Labute approximate surface area is 94.1 Å². The van der Waals surface area contributed by atoms with Gasteiger partial charge in [-0.15, -0.1) is 0 Å². The van der Waals surface area contributed by atoms with E-state index in [2.05, 4.69) is 4.18 Å². The van der Waals surface area contributed by atoms with E-state index in [0.717, 1.165) is 6.26 Å². The van der Waals surface area contributed by atoms with Crippen LogP contribution in [0.5, 0.6) is 5.75 Å². The zero-order chi connectivity index (χ0) is 12.2. The first kappa shape index (κ1) is 12.9. The van der Waals surface area contributed by atoms with Crippen molar-refractivity contribution in [2.24, 2.45) is 0 Å². The van der Waals surface area contributed by atoms with Crippen molar-refractivity contribution in [2.75, 3.05) is 12.9 Å². The van der Waals surface area contributed by atoms with Gasteiger partial charge in [-0.1, -0.05) is 0 Å². The van der Waals surface area contributed by atoms with Gasteiger partial charge < -0.3 is 4.74 Å². The van der Waals surface area contributed by atoms with Crippen molar-refractivity contribution < 1.29 is 21.7 Å². The van der Waals surface area contributed by atoms with E-state index in [9.17, 15) is 12.8 Å². The summed E-state index contributed by atoms with van der Waals surface area (Å²) >= 11 is 0. The third kappa shape index (κ3) is 5.09. The maximum atomic E-state index is 12.6. The summed E-state index contributed by atoms with van der Waals surface area (Å²) in [5, 5.41) is 0. The second-order valence-corrected chi connectivity index (χ2v) is 5.01. The molecular weight excluding hydrogens is 235 g/mol. The molecule has 1 unspecified atom stereocenters. The minimum Gasteiger partial charge on any atom is -0.488 e. The third-order valence-electron chi connectivity index (χ3n) is 1.67. The summed E-state index contributed by atoms with van der Waals surface area (Å²) in [4.78, 5) is 0. The Bertz CT molecular complexity index is 427. The smallest absolute Gasteiger partial charge is 0.264 e. The quantitative estimate of drug-likeness (QED) is 0.742. The van der Waals surface area contributed by atoms with Crippen molar-refractivity contribution >= 4 is 10.1 Å². The fourth-order valence-corrected chi connectivity index (χ4v) is 1.44. The molecule has 0 aromatic heterocycles. The molecule has 0 heterocycles. The summed E-state index contributed by atoms with van der Waals surface area (Å²) in [6, 6.07) is 5.46. The van der Waals surface area contributed by atoms with Crippen molar-refractivity contribution in [3.05, 3.63) is 30.1 Å². The molecule has 0 spiro atoms. The number of hydrogen-bond donors (Lipinski definition) is 0. The molecule has 0 fully saturated rings. The molecule has 0 radical (unpaired) electrons. The van der Waals surface area contributed by atoms with Crippen LogP contribution in [0.3, 0.4) is 0 Å². The third-order valence-corrected chi connectivity index (χ3v) is 2.23. The highest BCUT2D eigenvalue weighted by Gasteiger charge is 2.09. The van der Waals surface area contributed by atoms with Crippen molar-refractivity contribution in [3.8, 4) is 5.75 Å². The predicted molar refractivity (Wildman–Crippen MR) is 57.3 cm³/mol. The summed E-state index contributed by atoms with van der Waals surface area (Å²) in [6.07, 6.45) is 0.539. The van der Waals surface area contributed by atoms with Crippen LogP contribution in [0, 0.1) is 5.82 Å². The van der Waals surface area contributed by atoms with Crippen LogP contribution in [0.15, 0.2) is 24.3 Å². The molecule has 1 aromatic carbocycles. The van der Waals surface area contributed by atoms with Gasteiger partial charge in [0, 0.05) is 0 Å². The zero-order valence-electron chi connectivity index (χ0n) is 9.01. The van der Waals surface area contributed by atoms with Gasteiger partial charge in [-0.3, -0.25) is 4.18 Å². The highest BCUT2D eigenvalue weighted by Crippen LogP contribution is 2.13. The molecule has 0 saturated heterocycles. The fourth-order valence-electron chi connectivity index (χ4n) is 0.999. The van der Waals surface area contributed by atoms with E-state index in [-0.39, 0.29) is 12.4 Å². The average Bonchev–Trinajstić information content (AvgIpc) is 2.18. The molecule has 16 heavy (non-hydrogen) atoms. The molecule has 1 rings (SSSR count). The lowest BCUT2D eigenvalue weighted by molar-refractivity contribution is 0.147. The largest absolute Gasteiger partial charge is 0.488 e. The zero-order valence-corrected chi connectivity index (χ0v) is 9.83. The molecule has 0 saturated carbocycles. The van der Waals surface area contributed by atoms with Gasteiger partial charge in [-0.2, -0.15) is 8.42 Å². The Morgan fingerprint density at radius 2 is 1.88 bits per heavy atom. The molecule has 0 N–H and O–H groups in total. The predicted octanol–water partition coefficient (Wildman–Crippen LogP) is 1.57. The number of ether oxygens (including phenoxy) is 1. The molecular formula is C10H13FO4S. The first-order chi connectivity index (χ1) is 7.37. The summed E-state index contributed by atoms with van der Waals surface area (Å²) in [7, 11) is -3.46. The molecule has 0 bridgehead atoms. The second-order valence-electron chi connectivity index (χ2n) is 3.37. The fraction of sp³-hybridized carbons (Fsp3) is 0.400. The number of rotatable bonds is 5. The van der Waals surface area contributed by atoms with Crippen molar-refractivity contribution in [1.29, 1.82) is 0 Å². The Morgan fingerprint density at radius 3 is 2.38 bits per heavy atom. The van der Waals surface area contributed by atoms with Gasteiger partial charge in [-0.25, -0.2) is 4.39 Å². The molecule has 90 valence electrons. The summed E-state index contributed by atoms with van der Waals surface area (Å²) < 4.78 is 43.8. The van der Waals surface area contributed by atoms with Crippen LogP contribution in [0.1, 0.15) is 6.92 Å². The molecule has 0 aliphatic heterocycles. The molecule has 4 nitrogen and oxygen atoms in total. The van der Waals surface area contributed by atoms with Gasteiger partial charge in [-0.05, 0) is 31.2 Å². The van der Waals surface area contributed by atoms with Crippen molar-refractivity contribution in [3.63, 3.8) is 0 Å². The number of benzene rings is 1. The number of hydrogen-bond acceptors (Lipinski definition) is 4.